The van der Waals surface area contributed by atoms with Gasteiger partial charge in [0.15, 0.2) is 0 Å². The molecule has 1 heterocycles. The molecule has 0 amide bonds. The van der Waals surface area contributed by atoms with Gasteiger partial charge in [-0.25, -0.2) is 0 Å². The maximum absolute atomic E-state index is 11.8. The third-order valence-corrected chi connectivity index (χ3v) is 2.68. The molecular formula is C10H19F3N2O. The molecule has 96 valence electrons. The van der Waals surface area contributed by atoms with Crippen molar-refractivity contribution in [2.45, 2.75) is 12.6 Å². The van der Waals surface area contributed by atoms with Crippen LogP contribution in [0.25, 0.3) is 0 Å². The number of hydrogen-bond donors (Lipinski definition) is 1. The summed E-state index contributed by atoms with van der Waals surface area (Å²) in [5.41, 5.74) is 0. The van der Waals surface area contributed by atoms with E-state index in [4.69, 9.17) is 0 Å². The molecule has 1 fully saturated rings. The fourth-order valence-electron chi connectivity index (χ4n) is 1.95. The summed E-state index contributed by atoms with van der Waals surface area (Å²) < 4.78 is 39.9. The first-order valence-corrected chi connectivity index (χ1v) is 5.52. The molecule has 1 rings (SSSR count). The van der Waals surface area contributed by atoms with Crippen LogP contribution in [-0.4, -0.2) is 57.5 Å². The third-order valence-electron chi connectivity index (χ3n) is 2.68. The largest absolute Gasteiger partial charge is 0.411 e. The molecule has 3 nitrogen and oxygen atoms in total. The quantitative estimate of drug-likeness (QED) is 0.704. The van der Waals surface area contributed by atoms with Crippen molar-refractivity contribution in [3.63, 3.8) is 0 Å². The van der Waals surface area contributed by atoms with E-state index in [0.29, 0.717) is 12.5 Å². The summed E-state index contributed by atoms with van der Waals surface area (Å²) in [5.74, 6) is 0.618. The summed E-state index contributed by atoms with van der Waals surface area (Å²) in [4.78, 5) is 2.15. The Morgan fingerprint density at radius 2 is 2.19 bits per heavy atom. The predicted molar refractivity (Wildman–Crippen MR) is 55.3 cm³/mol. The summed E-state index contributed by atoms with van der Waals surface area (Å²) in [7, 11) is 1.91. The van der Waals surface area contributed by atoms with Crippen LogP contribution in [0.15, 0.2) is 0 Å². The standard InChI is InChI=1S/C10H19F3N2O/c1-14-6-9-2-3-15(7-9)4-5-16-8-10(11,12)13/h9,14H,2-8H2,1H3. The molecule has 1 aliphatic rings. The van der Waals surface area contributed by atoms with E-state index in [1.807, 2.05) is 7.05 Å². The Kier molecular flexibility index (Phi) is 5.51. The summed E-state index contributed by atoms with van der Waals surface area (Å²) in [5, 5.41) is 3.11. The number of nitrogens with one attached hydrogen (secondary N) is 1. The van der Waals surface area contributed by atoms with Crippen molar-refractivity contribution in [2.24, 2.45) is 5.92 Å². The van der Waals surface area contributed by atoms with Crippen LogP contribution in [0.4, 0.5) is 13.2 Å². The van der Waals surface area contributed by atoms with Crippen LogP contribution in [0, 0.1) is 5.92 Å². The minimum absolute atomic E-state index is 0.159. The van der Waals surface area contributed by atoms with Crippen molar-refractivity contribution in [3.8, 4) is 0 Å². The van der Waals surface area contributed by atoms with Crippen LogP contribution in [0.1, 0.15) is 6.42 Å². The second-order valence-electron chi connectivity index (χ2n) is 4.18. The number of halogens is 3. The lowest BCUT2D eigenvalue weighted by molar-refractivity contribution is -0.174. The summed E-state index contributed by atoms with van der Waals surface area (Å²) in [6.45, 7) is 2.50. The Morgan fingerprint density at radius 3 is 2.81 bits per heavy atom. The summed E-state index contributed by atoms with van der Waals surface area (Å²) in [6.07, 6.45) is -3.10. The second kappa shape index (κ2) is 6.42. The first-order chi connectivity index (χ1) is 7.51. The fraction of sp³-hybridized carbons (Fsp3) is 1.00. The van der Waals surface area contributed by atoms with Gasteiger partial charge in [0.1, 0.15) is 6.61 Å². The number of rotatable bonds is 6. The highest BCUT2D eigenvalue weighted by molar-refractivity contribution is 4.76. The highest BCUT2D eigenvalue weighted by Crippen LogP contribution is 2.16. The van der Waals surface area contributed by atoms with Gasteiger partial charge < -0.3 is 15.0 Å². The van der Waals surface area contributed by atoms with E-state index in [2.05, 4.69) is 15.0 Å². The molecule has 1 N–H and O–H groups in total. The second-order valence-corrected chi connectivity index (χ2v) is 4.18. The Morgan fingerprint density at radius 1 is 1.44 bits per heavy atom. The molecule has 0 saturated carbocycles. The average Bonchev–Trinajstić information content (AvgIpc) is 2.60. The first-order valence-electron chi connectivity index (χ1n) is 5.52. The zero-order valence-corrected chi connectivity index (χ0v) is 9.52. The average molecular weight is 240 g/mol. The highest BCUT2D eigenvalue weighted by atomic mass is 19.4. The normalized spacial score (nSPS) is 22.9. The Labute approximate surface area is 93.9 Å². The summed E-state index contributed by atoms with van der Waals surface area (Å²) >= 11 is 0. The van der Waals surface area contributed by atoms with E-state index < -0.39 is 12.8 Å². The van der Waals surface area contributed by atoms with Gasteiger partial charge in [0, 0.05) is 13.1 Å². The van der Waals surface area contributed by atoms with Gasteiger partial charge in [-0.15, -0.1) is 0 Å². The molecule has 1 atom stereocenters. The van der Waals surface area contributed by atoms with Gasteiger partial charge in [0.25, 0.3) is 0 Å². The van der Waals surface area contributed by atoms with Crippen molar-refractivity contribution in [2.75, 3.05) is 46.4 Å². The molecule has 0 radical (unpaired) electrons. The molecular weight excluding hydrogens is 221 g/mol. The van der Waals surface area contributed by atoms with Crippen LogP contribution >= 0.6 is 0 Å². The molecule has 16 heavy (non-hydrogen) atoms. The zero-order valence-electron chi connectivity index (χ0n) is 9.52. The van der Waals surface area contributed by atoms with E-state index in [1.54, 1.807) is 0 Å². The van der Waals surface area contributed by atoms with Crippen molar-refractivity contribution in [1.82, 2.24) is 10.2 Å². The molecule has 1 aliphatic heterocycles. The van der Waals surface area contributed by atoms with Crippen LogP contribution in [0.5, 0.6) is 0 Å². The van der Waals surface area contributed by atoms with E-state index in [9.17, 15) is 13.2 Å². The first kappa shape index (κ1) is 13.7. The molecule has 0 aromatic rings. The third kappa shape index (κ3) is 5.67. The monoisotopic (exact) mass is 240 g/mol. The molecule has 1 unspecified atom stereocenters. The lowest BCUT2D eigenvalue weighted by Gasteiger charge is -2.16. The Hall–Kier alpha value is -0.330. The van der Waals surface area contributed by atoms with E-state index in [0.717, 1.165) is 26.1 Å². The fourth-order valence-corrected chi connectivity index (χ4v) is 1.95. The Balaban J connectivity index is 2.02. The molecule has 0 bridgehead atoms. The van der Waals surface area contributed by atoms with Gasteiger partial charge in [-0.05, 0) is 32.5 Å². The van der Waals surface area contributed by atoms with Gasteiger partial charge in [-0.2, -0.15) is 13.2 Å². The molecule has 0 spiro atoms. The topological polar surface area (TPSA) is 24.5 Å². The summed E-state index contributed by atoms with van der Waals surface area (Å²) in [6, 6.07) is 0. The van der Waals surface area contributed by atoms with Gasteiger partial charge in [-0.1, -0.05) is 0 Å². The maximum Gasteiger partial charge on any atom is 0.411 e. The van der Waals surface area contributed by atoms with Crippen LogP contribution < -0.4 is 5.32 Å². The number of nitrogens with zero attached hydrogens (tertiary/aromatic N) is 1. The zero-order chi connectivity index (χ0) is 12.0. The van der Waals surface area contributed by atoms with Gasteiger partial charge in [-0.3, -0.25) is 0 Å². The van der Waals surface area contributed by atoms with Gasteiger partial charge >= 0.3 is 6.18 Å². The number of hydrogen-bond acceptors (Lipinski definition) is 3. The SMILES string of the molecule is CNCC1CCN(CCOCC(F)(F)F)C1. The van der Waals surface area contributed by atoms with Crippen LogP contribution in [0.2, 0.25) is 0 Å². The van der Waals surface area contributed by atoms with Crippen molar-refractivity contribution in [1.29, 1.82) is 0 Å². The maximum atomic E-state index is 11.8. The van der Waals surface area contributed by atoms with Crippen molar-refractivity contribution < 1.29 is 17.9 Å². The van der Waals surface area contributed by atoms with Crippen LogP contribution in [-0.2, 0) is 4.74 Å². The molecule has 0 aliphatic carbocycles. The van der Waals surface area contributed by atoms with E-state index in [1.165, 1.54) is 0 Å². The van der Waals surface area contributed by atoms with Gasteiger partial charge in [0.05, 0.1) is 6.61 Å². The van der Waals surface area contributed by atoms with Crippen molar-refractivity contribution in [3.05, 3.63) is 0 Å². The smallest absolute Gasteiger partial charge is 0.371 e. The minimum atomic E-state index is -4.21. The Bertz CT molecular complexity index is 199. The number of ether oxygens (including phenoxy) is 1. The van der Waals surface area contributed by atoms with Crippen LogP contribution in [0.3, 0.4) is 0 Å². The van der Waals surface area contributed by atoms with Crippen molar-refractivity contribution >= 4 is 0 Å². The lowest BCUT2D eigenvalue weighted by atomic mass is 10.1. The molecule has 0 aromatic carbocycles. The molecule has 6 heteroatoms. The minimum Gasteiger partial charge on any atom is -0.371 e. The predicted octanol–water partition coefficient (Wildman–Crippen LogP) is 1.11. The molecule has 1 saturated heterocycles. The van der Waals surface area contributed by atoms with Gasteiger partial charge in [0.2, 0.25) is 0 Å². The van der Waals surface area contributed by atoms with E-state index in [-0.39, 0.29) is 6.61 Å². The molecule has 0 aromatic heterocycles. The lowest BCUT2D eigenvalue weighted by Crippen LogP contribution is -2.28. The van der Waals surface area contributed by atoms with E-state index >= 15 is 0 Å². The number of alkyl halides is 3. The number of likely N-dealkylation sites (tertiary alicyclic amines) is 1. The highest BCUT2D eigenvalue weighted by Gasteiger charge is 2.27.